The third-order valence-electron chi connectivity index (χ3n) is 5.66. The summed E-state index contributed by atoms with van der Waals surface area (Å²) >= 11 is 3.74. The van der Waals surface area contributed by atoms with Gasteiger partial charge in [0, 0.05) is 15.5 Å². The molecular formula is C25H36OS2. The molecule has 0 saturated heterocycles. The van der Waals surface area contributed by atoms with Gasteiger partial charge < -0.3 is 4.74 Å². The van der Waals surface area contributed by atoms with Gasteiger partial charge in [-0.25, -0.2) is 0 Å². The predicted octanol–water partition coefficient (Wildman–Crippen LogP) is 9.37. The molecule has 0 aliphatic carbocycles. The van der Waals surface area contributed by atoms with Crippen LogP contribution in [0.5, 0.6) is 5.75 Å². The Kier molecular flexibility index (Phi) is 9.14. The number of thiophene rings is 2. The lowest BCUT2D eigenvalue weighted by Gasteiger charge is -2.13. The lowest BCUT2D eigenvalue weighted by Crippen LogP contribution is -1.99. The van der Waals surface area contributed by atoms with E-state index >= 15 is 0 Å². The normalized spacial score (nSPS) is 11.6. The van der Waals surface area contributed by atoms with Crippen molar-refractivity contribution in [3.05, 3.63) is 28.5 Å². The summed E-state index contributed by atoms with van der Waals surface area (Å²) in [5, 5.41) is 7.27. The van der Waals surface area contributed by atoms with Gasteiger partial charge in [0.2, 0.25) is 0 Å². The van der Waals surface area contributed by atoms with Crippen LogP contribution >= 0.6 is 22.7 Å². The maximum atomic E-state index is 6.37. The van der Waals surface area contributed by atoms with Crippen molar-refractivity contribution >= 4 is 42.8 Å². The molecule has 0 atom stereocenters. The molecule has 0 unspecified atom stereocenters. The highest BCUT2D eigenvalue weighted by molar-refractivity contribution is 7.19. The Labute approximate surface area is 179 Å². The molecule has 2 aromatic heterocycles. The molecule has 0 N–H and O–H groups in total. The number of aryl methyl sites for hydroxylation is 1. The number of hydrogen-bond acceptors (Lipinski definition) is 3. The van der Waals surface area contributed by atoms with E-state index in [1.807, 2.05) is 22.7 Å². The van der Waals surface area contributed by atoms with Crippen LogP contribution in [-0.4, -0.2) is 6.61 Å². The van der Waals surface area contributed by atoms with E-state index in [2.05, 4.69) is 36.7 Å². The molecule has 2 heterocycles. The van der Waals surface area contributed by atoms with Crippen molar-refractivity contribution in [2.24, 2.45) is 0 Å². The van der Waals surface area contributed by atoms with Crippen molar-refractivity contribution in [3.8, 4) is 5.75 Å². The molecule has 0 aliphatic rings. The third-order valence-corrected chi connectivity index (χ3v) is 7.54. The minimum atomic E-state index is 0.846. The van der Waals surface area contributed by atoms with Gasteiger partial charge in [-0.2, -0.15) is 0 Å². The molecule has 1 aromatic carbocycles. The molecule has 0 saturated carbocycles. The fraction of sp³-hybridized carbons (Fsp3) is 0.600. The van der Waals surface area contributed by atoms with Crippen molar-refractivity contribution in [2.75, 3.05) is 6.61 Å². The molecule has 0 amide bonds. The Hall–Kier alpha value is -1.06. The van der Waals surface area contributed by atoms with E-state index in [1.165, 1.54) is 90.8 Å². The Morgan fingerprint density at radius 1 is 0.679 bits per heavy atom. The molecule has 154 valence electrons. The highest BCUT2D eigenvalue weighted by Crippen LogP contribution is 2.44. The van der Waals surface area contributed by atoms with Gasteiger partial charge in [0.1, 0.15) is 5.75 Å². The molecule has 1 nitrogen and oxygen atoms in total. The largest absolute Gasteiger partial charge is 0.491 e. The molecule has 3 heteroatoms. The molecule has 0 radical (unpaired) electrons. The quantitative estimate of drug-likeness (QED) is 0.238. The van der Waals surface area contributed by atoms with Gasteiger partial charge in [-0.1, -0.05) is 71.6 Å². The highest BCUT2D eigenvalue weighted by Gasteiger charge is 2.17. The van der Waals surface area contributed by atoms with E-state index in [4.69, 9.17) is 4.74 Å². The van der Waals surface area contributed by atoms with Crippen LogP contribution < -0.4 is 4.74 Å². The minimum absolute atomic E-state index is 0.846. The van der Waals surface area contributed by atoms with Crippen molar-refractivity contribution in [1.29, 1.82) is 0 Å². The zero-order valence-corrected chi connectivity index (χ0v) is 19.4. The van der Waals surface area contributed by atoms with Gasteiger partial charge in [0.25, 0.3) is 0 Å². The van der Waals surface area contributed by atoms with E-state index in [1.54, 1.807) is 5.56 Å². The van der Waals surface area contributed by atoms with Crippen LogP contribution in [0.15, 0.2) is 22.9 Å². The minimum Gasteiger partial charge on any atom is -0.491 e. The molecule has 3 aromatic rings. The first kappa shape index (κ1) is 21.6. The van der Waals surface area contributed by atoms with Crippen LogP contribution in [0.1, 0.15) is 90.0 Å². The van der Waals surface area contributed by atoms with Crippen molar-refractivity contribution < 1.29 is 4.74 Å². The number of benzene rings is 1. The number of fused-ring (bicyclic) bond motifs is 2. The predicted molar refractivity (Wildman–Crippen MR) is 129 cm³/mol. The smallest absolute Gasteiger partial charge is 0.145 e. The summed E-state index contributed by atoms with van der Waals surface area (Å²) in [5.41, 5.74) is 1.56. The number of hydrogen-bond donors (Lipinski definition) is 0. The maximum absolute atomic E-state index is 6.37. The zero-order valence-electron chi connectivity index (χ0n) is 17.7. The summed E-state index contributed by atoms with van der Waals surface area (Å²) in [6, 6.07) is 4.59. The number of rotatable bonds is 14. The average Bonchev–Trinajstić information content (AvgIpc) is 3.38. The van der Waals surface area contributed by atoms with E-state index in [0.717, 1.165) is 18.8 Å². The second kappa shape index (κ2) is 11.8. The topological polar surface area (TPSA) is 9.23 Å². The van der Waals surface area contributed by atoms with Crippen molar-refractivity contribution in [1.82, 2.24) is 0 Å². The summed E-state index contributed by atoms with van der Waals surface area (Å²) in [5.74, 6) is 1.14. The van der Waals surface area contributed by atoms with E-state index in [0.29, 0.717) is 0 Å². The molecule has 0 spiro atoms. The van der Waals surface area contributed by atoms with Gasteiger partial charge in [0.15, 0.2) is 0 Å². The first-order chi connectivity index (χ1) is 13.9. The number of unbranched alkanes of at least 4 members (excludes halogenated alkanes) is 9. The summed E-state index contributed by atoms with van der Waals surface area (Å²) in [7, 11) is 0. The zero-order chi connectivity index (χ0) is 19.6. The first-order valence-corrected chi connectivity index (χ1v) is 13.1. The van der Waals surface area contributed by atoms with Gasteiger partial charge in [0.05, 0.1) is 11.3 Å². The van der Waals surface area contributed by atoms with Crippen molar-refractivity contribution in [2.45, 2.75) is 90.9 Å². The van der Waals surface area contributed by atoms with Crippen LogP contribution in [0.4, 0.5) is 0 Å². The Bertz CT molecular complexity index is 713. The van der Waals surface area contributed by atoms with Crippen molar-refractivity contribution in [3.63, 3.8) is 0 Å². The van der Waals surface area contributed by atoms with Gasteiger partial charge in [-0.3, -0.25) is 0 Å². The maximum Gasteiger partial charge on any atom is 0.145 e. The SMILES string of the molecule is CCCCCCCCc1c2ccsc2c(OCCCCCCC)c2ccsc12. The second-order valence-electron chi connectivity index (χ2n) is 7.91. The van der Waals surface area contributed by atoms with Crippen LogP contribution in [0.3, 0.4) is 0 Å². The fourth-order valence-electron chi connectivity index (χ4n) is 4.04. The first-order valence-electron chi connectivity index (χ1n) is 11.4. The summed E-state index contributed by atoms with van der Waals surface area (Å²) < 4.78 is 9.19. The lowest BCUT2D eigenvalue weighted by molar-refractivity contribution is 0.312. The Morgan fingerprint density at radius 2 is 1.29 bits per heavy atom. The molecular weight excluding hydrogens is 380 g/mol. The van der Waals surface area contributed by atoms with Crippen LogP contribution in [-0.2, 0) is 6.42 Å². The van der Waals surface area contributed by atoms with Gasteiger partial charge >= 0.3 is 0 Å². The molecule has 28 heavy (non-hydrogen) atoms. The van der Waals surface area contributed by atoms with E-state index < -0.39 is 0 Å². The lowest BCUT2D eigenvalue weighted by atomic mass is 10.0. The standard InChI is InChI=1S/C25H36OS2/c1-3-5-7-9-10-12-14-20-21-15-18-28-25(21)23(22-16-19-27-24(20)22)26-17-13-11-8-6-4-2/h15-16,18-19H,3-14,17H2,1-2H3. The Balaban J connectivity index is 1.69. The average molecular weight is 417 g/mol. The summed E-state index contributed by atoms with van der Waals surface area (Å²) in [4.78, 5) is 0. The fourth-order valence-corrected chi connectivity index (χ4v) is 5.96. The third kappa shape index (κ3) is 5.51. The second-order valence-corrected chi connectivity index (χ2v) is 9.75. The molecule has 0 aliphatic heterocycles. The van der Waals surface area contributed by atoms with Crippen LogP contribution in [0.2, 0.25) is 0 Å². The van der Waals surface area contributed by atoms with Crippen LogP contribution in [0, 0.1) is 0 Å². The number of ether oxygens (including phenoxy) is 1. The Morgan fingerprint density at radius 3 is 2.04 bits per heavy atom. The van der Waals surface area contributed by atoms with Gasteiger partial charge in [-0.05, 0) is 47.7 Å². The molecule has 0 bridgehead atoms. The van der Waals surface area contributed by atoms with E-state index in [-0.39, 0.29) is 0 Å². The monoisotopic (exact) mass is 416 g/mol. The van der Waals surface area contributed by atoms with E-state index in [9.17, 15) is 0 Å². The summed E-state index contributed by atoms with van der Waals surface area (Å²) in [6.07, 6.45) is 15.8. The van der Waals surface area contributed by atoms with Gasteiger partial charge in [-0.15, -0.1) is 22.7 Å². The molecule has 3 rings (SSSR count). The highest BCUT2D eigenvalue weighted by atomic mass is 32.1. The molecule has 0 fully saturated rings. The van der Waals surface area contributed by atoms with Crippen LogP contribution in [0.25, 0.3) is 20.2 Å². The summed E-state index contributed by atoms with van der Waals surface area (Å²) in [6.45, 7) is 5.40.